The summed E-state index contributed by atoms with van der Waals surface area (Å²) in [6, 6.07) is 0. The van der Waals surface area contributed by atoms with Gasteiger partial charge >= 0.3 is 0 Å². The first-order valence-corrected chi connectivity index (χ1v) is 1.59. The minimum absolute atomic E-state index is 0.278. The third-order valence-corrected chi connectivity index (χ3v) is 0.401. The molecular formula is C4H5O2. The maximum absolute atomic E-state index is 9.76. The maximum Gasteiger partial charge on any atom is 0.198 e. The maximum atomic E-state index is 9.76. The van der Waals surface area contributed by atoms with Crippen LogP contribution in [0, 0.1) is 6.42 Å². The fourth-order valence-corrected chi connectivity index (χ4v) is 0.0680. The molecule has 0 atom stereocenters. The van der Waals surface area contributed by atoms with Gasteiger partial charge in [-0.05, 0) is 0 Å². The van der Waals surface area contributed by atoms with Crippen molar-refractivity contribution < 1.29 is 9.59 Å². The lowest BCUT2D eigenvalue weighted by Gasteiger charge is -1.70. The van der Waals surface area contributed by atoms with Gasteiger partial charge in [-0.25, -0.2) is 0 Å². The van der Waals surface area contributed by atoms with Gasteiger partial charge < -0.3 is 0 Å². The Morgan fingerprint density at radius 1 is 1.67 bits per heavy atom. The molecule has 0 saturated carbocycles. The average molecular weight is 85.1 g/mol. The Morgan fingerprint density at radius 3 is 2.17 bits per heavy atom. The normalized spacial score (nSPS) is 7.50. The van der Waals surface area contributed by atoms with E-state index in [2.05, 4.69) is 0 Å². The Hall–Kier alpha value is -0.660. The highest BCUT2D eigenvalue weighted by atomic mass is 16.2. The van der Waals surface area contributed by atoms with Crippen LogP contribution in [0.3, 0.4) is 0 Å². The number of rotatable bonds is 2. The van der Waals surface area contributed by atoms with Crippen molar-refractivity contribution in [1.29, 1.82) is 0 Å². The van der Waals surface area contributed by atoms with Gasteiger partial charge in [0.15, 0.2) is 12.1 Å². The topological polar surface area (TPSA) is 34.1 Å². The van der Waals surface area contributed by atoms with Crippen LogP contribution in [0.5, 0.6) is 0 Å². The average Bonchev–Trinajstić information content (AvgIpc) is 1.65. The van der Waals surface area contributed by atoms with Crippen molar-refractivity contribution in [2.75, 3.05) is 0 Å². The van der Waals surface area contributed by atoms with Crippen LogP contribution in [0.2, 0.25) is 0 Å². The molecule has 0 N–H and O–H groups in total. The molecule has 0 aromatic carbocycles. The lowest BCUT2D eigenvalue weighted by atomic mass is 10.3. The highest BCUT2D eigenvalue weighted by molar-refractivity contribution is 6.28. The van der Waals surface area contributed by atoms with Gasteiger partial charge in [0, 0.05) is 6.42 Å². The van der Waals surface area contributed by atoms with Crippen LogP contribution in [-0.4, -0.2) is 12.1 Å². The molecule has 0 aliphatic heterocycles. The number of ketones is 1. The monoisotopic (exact) mass is 85.0 g/mol. The number of hydrogen-bond acceptors (Lipinski definition) is 2. The molecule has 0 unspecified atom stereocenters. The molecule has 0 saturated heterocycles. The summed E-state index contributed by atoms with van der Waals surface area (Å²) in [5.41, 5.74) is 0. The summed E-state index contributed by atoms with van der Waals surface area (Å²) in [7, 11) is 0. The molecule has 0 rings (SSSR count). The molecule has 0 aromatic heterocycles. The second kappa shape index (κ2) is 2.57. The molecule has 6 heavy (non-hydrogen) atoms. The van der Waals surface area contributed by atoms with E-state index in [1.165, 1.54) is 13.3 Å². The van der Waals surface area contributed by atoms with Crippen molar-refractivity contribution in [3.8, 4) is 0 Å². The van der Waals surface area contributed by atoms with Crippen LogP contribution in [0.4, 0.5) is 0 Å². The smallest absolute Gasteiger partial charge is 0.198 e. The summed E-state index contributed by atoms with van der Waals surface area (Å²) in [5.74, 6) is -0.463. The molecule has 2 nitrogen and oxygen atoms in total. The number of carbonyl (C=O) groups is 2. The Balaban J connectivity index is 3.23. The van der Waals surface area contributed by atoms with Crippen molar-refractivity contribution in [1.82, 2.24) is 0 Å². The molecule has 0 spiro atoms. The number of Topliss-reactive ketones (excluding diaryl/α,β-unsaturated/α-hetero) is 1. The Morgan fingerprint density at radius 2 is 2.17 bits per heavy atom. The van der Waals surface area contributed by atoms with Gasteiger partial charge in [-0.1, -0.05) is 6.92 Å². The summed E-state index contributed by atoms with van der Waals surface area (Å²) in [6.45, 7) is 1.52. The van der Waals surface area contributed by atoms with Crippen LogP contribution in [-0.2, 0) is 9.59 Å². The number of aldehydes is 1. The molecule has 0 aliphatic rings. The summed E-state index contributed by atoms with van der Waals surface area (Å²) in [6.07, 6.45) is 1.49. The van der Waals surface area contributed by atoms with Crippen LogP contribution in [0.1, 0.15) is 6.92 Å². The molecule has 2 heteroatoms. The van der Waals surface area contributed by atoms with E-state index in [4.69, 9.17) is 0 Å². The zero-order valence-electron chi connectivity index (χ0n) is 3.47. The Kier molecular flexibility index (Phi) is 2.29. The van der Waals surface area contributed by atoms with E-state index in [0.717, 1.165) is 0 Å². The summed E-state index contributed by atoms with van der Waals surface area (Å²) >= 11 is 0. The molecule has 0 aliphatic carbocycles. The minimum Gasteiger partial charge on any atom is -0.295 e. The van der Waals surface area contributed by atoms with Crippen molar-refractivity contribution in [2.45, 2.75) is 6.92 Å². The van der Waals surface area contributed by atoms with Gasteiger partial charge in [0.2, 0.25) is 0 Å². The van der Waals surface area contributed by atoms with Gasteiger partial charge in [0.05, 0.1) is 0 Å². The molecule has 0 heterocycles. The zero-order chi connectivity index (χ0) is 4.99. The quantitative estimate of drug-likeness (QED) is 0.349. The van der Waals surface area contributed by atoms with Crippen molar-refractivity contribution >= 4 is 12.1 Å². The van der Waals surface area contributed by atoms with E-state index in [0.29, 0.717) is 0 Å². The fourth-order valence-electron chi connectivity index (χ4n) is 0.0680. The summed E-state index contributed by atoms with van der Waals surface area (Å²) in [5, 5.41) is 0. The lowest BCUT2D eigenvalue weighted by Crippen LogP contribution is -1.93. The van der Waals surface area contributed by atoms with Gasteiger partial charge in [0.25, 0.3) is 0 Å². The van der Waals surface area contributed by atoms with Crippen LogP contribution in [0.15, 0.2) is 0 Å². The predicted octanol–water partition coefficient (Wildman–Crippen LogP) is -0.0214. The zero-order valence-corrected chi connectivity index (χ0v) is 3.47. The molecule has 0 bridgehead atoms. The van der Waals surface area contributed by atoms with E-state index in [1.807, 2.05) is 0 Å². The standard InChI is InChI=1S/C4H5O2/c1-2-4(6)3-5/h2-3H,1H3. The third kappa shape index (κ3) is 1.64. The molecule has 33 valence electrons. The van der Waals surface area contributed by atoms with E-state index >= 15 is 0 Å². The predicted molar refractivity (Wildman–Crippen MR) is 21.0 cm³/mol. The van der Waals surface area contributed by atoms with Crippen LogP contribution >= 0.6 is 0 Å². The first kappa shape index (κ1) is 5.34. The highest BCUT2D eigenvalue weighted by Gasteiger charge is 1.87. The lowest BCUT2D eigenvalue weighted by molar-refractivity contribution is -0.127. The SMILES string of the molecule is C[CH]C(=O)C=O. The van der Waals surface area contributed by atoms with Crippen molar-refractivity contribution in [2.24, 2.45) is 0 Å². The Bertz CT molecular complexity index is 65.9. The summed E-state index contributed by atoms with van der Waals surface area (Å²) < 4.78 is 0. The van der Waals surface area contributed by atoms with Crippen molar-refractivity contribution in [3.05, 3.63) is 6.42 Å². The van der Waals surface area contributed by atoms with E-state index < -0.39 is 5.78 Å². The van der Waals surface area contributed by atoms with Gasteiger partial charge in [-0.2, -0.15) is 0 Å². The molecular weight excluding hydrogens is 80.0 g/mol. The Labute approximate surface area is 36.2 Å². The van der Waals surface area contributed by atoms with Gasteiger partial charge in [-0.3, -0.25) is 9.59 Å². The number of carbonyl (C=O) groups excluding carboxylic acids is 2. The molecule has 0 fully saturated rings. The van der Waals surface area contributed by atoms with Gasteiger partial charge in [0.1, 0.15) is 0 Å². The van der Waals surface area contributed by atoms with Crippen LogP contribution < -0.4 is 0 Å². The second-order valence-electron chi connectivity index (χ2n) is 0.809. The van der Waals surface area contributed by atoms with Crippen molar-refractivity contribution in [3.63, 3.8) is 0 Å². The van der Waals surface area contributed by atoms with E-state index in [9.17, 15) is 9.59 Å². The van der Waals surface area contributed by atoms with E-state index in [1.54, 1.807) is 0 Å². The largest absolute Gasteiger partial charge is 0.295 e. The van der Waals surface area contributed by atoms with E-state index in [-0.39, 0.29) is 6.29 Å². The first-order chi connectivity index (χ1) is 2.81. The molecule has 1 radical (unpaired) electrons. The first-order valence-electron chi connectivity index (χ1n) is 1.59. The number of hydrogen-bond donors (Lipinski definition) is 0. The fraction of sp³-hybridized carbons (Fsp3) is 0.250. The highest BCUT2D eigenvalue weighted by Crippen LogP contribution is 1.67. The second-order valence-corrected chi connectivity index (χ2v) is 0.809. The van der Waals surface area contributed by atoms with Gasteiger partial charge in [-0.15, -0.1) is 0 Å². The van der Waals surface area contributed by atoms with Crippen LogP contribution in [0.25, 0.3) is 0 Å². The molecule has 0 amide bonds. The molecule has 0 aromatic rings. The third-order valence-electron chi connectivity index (χ3n) is 0.401. The summed E-state index contributed by atoms with van der Waals surface area (Å²) in [4.78, 5) is 19.1. The minimum atomic E-state index is -0.463.